The van der Waals surface area contributed by atoms with Gasteiger partial charge in [0.1, 0.15) is 28.7 Å². The fraction of sp³-hybridized carbons (Fsp3) is 0.406. The molecule has 0 radical (unpaired) electrons. The molecule has 10 rings (SSSR count). The van der Waals surface area contributed by atoms with E-state index in [0.29, 0.717) is 77.7 Å². The summed E-state index contributed by atoms with van der Waals surface area (Å²) < 4.78 is 0. The zero-order chi connectivity index (χ0) is 86.2. The van der Waals surface area contributed by atoms with Crippen LogP contribution in [0.5, 0.6) is 28.7 Å². The van der Waals surface area contributed by atoms with Crippen molar-refractivity contribution in [3.63, 3.8) is 0 Å². The first-order valence-electron chi connectivity index (χ1n) is 41.5. The van der Waals surface area contributed by atoms with Crippen LogP contribution in [0, 0.1) is 62.3 Å². The number of rotatable bonds is 25. The Hall–Kier alpha value is -6.85. The summed E-state index contributed by atoms with van der Waals surface area (Å²) in [5.74, 6) is 2.20. The molecule has 10 N–H and O–H groups in total. The average Bonchev–Trinajstić information content (AvgIpc) is 0.785. The second-order valence-corrected chi connectivity index (χ2v) is 41.6. The molecule has 15 heteroatoms. The lowest BCUT2D eigenvalue weighted by molar-refractivity contribution is 0.448. The van der Waals surface area contributed by atoms with Crippen LogP contribution in [0.3, 0.4) is 0 Å². The highest BCUT2D eigenvalue weighted by Gasteiger charge is 2.27. The summed E-state index contributed by atoms with van der Waals surface area (Å²) in [6, 6.07) is 57.4. The predicted molar refractivity (Wildman–Crippen MR) is 520 cm³/mol. The van der Waals surface area contributed by atoms with E-state index in [1.807, 2.05) is 38.1 Å². The molecular formula is C101H142N5O5P5. The molecule has 0 heterocycles. The minimum Gasteiger partial charge on any atom is -0.507 e. The number of nitrogens with one attached hydrogen (secondary N) is 5. The second kappa shape index (κ2) is 45.5. The smallest absolute Gasteiger partial charge is 0.127 e. The number of benzene rings is 10. The Balaban J connectivity index is 0.000000226. The van der Waals surface area contributed by atoms with Crippen LogP contribution >= 0.6 is 42.9 Å². The SMILES string of the molecule is CCNCc1cccc(C)c1Pc1cc(C(C)(C)C)cc(C(C)(C)C)c1O.CCNCc1cccc(C)c1Pc1cc(C(C)(C)C)cc(C)c1O.CCNCc1cccc(C)c1Pc1cc(C)cc(C(C)(C)C)c1O.CCNCc1cccc(C)c1Pc1cc(C)cc(C)c1O.Cc1cccc(CNC(C)C)c1Pc1ccccc1O. The van der Waals surface area contributed by atoms with Gasteiger partial charge < -0.3 is 52.1 Å². The Labute approximate surface area is 709 Å². The van der Waals surface area contributed by atoms with Gasteiger partial charge in [-0.25, -0.2) is 0 Å². The van der Waals surface area contributed by atoms with Crippen LogP contribution in [-0.2, 0) is 54.4 Å². The Morgan fingerprint density at radius 2 is 0.569 bits per heavy atom. The van der Waals surface area contributed by atoms with E-state index in [2.05, 4.69) is 333 Å². The molecule has 0 aliphatic rings. The van der Waals surface area contributed by atoms with Crippen molar-refractivity contribution >= 4 is 95.9 Å². The summed E-state index contributed by atoms with van der Waals surface area (Å²) in [4.78, 5) is 0. The van der Waals surface area contributed by atoms with Gasteiger partial charge in [0.2, 0.25) is 0 Å². The summed E-state index contributed by atoms with van der Waals surface area (Å²) in [6.45, 7) is 66.3. The average molecular weight is 1660 g/mol. The van der Waals surface area contributed by atoms with Gasteiger partial charge in [-0.1, -0.05) is 301 Å². The number of phenols is 5. The molecule has 5 atom stereocenters. The molecule has 116 heavy (non-hydrogen) atoms. The largest absolute Gasteiger partial charge is 0.507 e. The van der Waals surface area contributed by atoms with Crippen LogP contribution in [0.4, 0.5) is 0 Å². The fourth-order valence-corrected chi connectivity index (χ4v) is 20.4. The van der Waals surface area contributed by atoms with Gasteiger partial charge in [0, 0.05) is 76.4 Å². The number of hydrogen-bond donors (Lipinski definition) is 10. The van der Waals surface area contributed by atoms with Crippen molar-refractivity contribution in [3.8, 4) is 28.7 Å². The first-order chi connectivity index (χ1) is 54.5. The summed E-state index contributed by atoms with van der Waals surface area (Å²) >= 11 is 0. The Morgan fingerprint density at radius 1 is 0.284 bits per heavy atom. The lowest BCUT2D eigenvalue weighted by Crippen LogP contribution is -2.25. The van der Waals surface area contributed by atoms with E-state index >= 15 is 0 Å². The van der Waals surface area contributed by atoms with Crippen molar-refractivity contribution in [2.45, 2.75) is 247 Å². The molecule has 0 aromatic heterocycles. The van der Waals surface area contributed by atoms with E-state index in [0.717, 1.165) is 108 Å². The normalized spacial score (nSPS) is 12.1. The quantitative estimate of drug-likeness (QED) is 0.0250. The summed E-state index contributed by atoms with van der Waals surface area (Å²) in [5, 5.41) is 82.0. The van der Waals surface area contributed by atoms with E-state index in [-0.39, 0.29) is 21.7 Å². The van der Waals surface area contributed by atoms with Crippen molar-refractivity contribution in [3.05, 3.63) is 264 Å². The molecule has 10 aromatic carbocycles. The van der Waals surface area contributed by atoms with Gasteiger partial charge in [-0.3, -0.25) is 0 Å². The first-order valence-corrected chi connectivity index (χ1v) is 46.5. The van der Waals surface area contributed by atoms with Gasteiger partial charge in [-0.05, 0) is 256 Å². The molecule has 0 spiro atoms. The predicted octanol–water partition coefficient (Wildman–Crippen LogP) is 19.0. The molecule has 10 aromatic rings. The van der Waals surface area contributed by atoms with Crippen LogP contribution < -0.4 is 79.6 Å². The van der Waals surface area contributed by atoms with Crippen molar-refractivity contribution in [1.82, 2.24) is 26.6 Å². The molecule has 10 nitrogen and oxygen atoms in total. The van der Waals surface area contributed by atoms with Gasteiger partial charge >= 0.3 is 0 Å². The first kappa shape index (κ1) is 98.0. The third-order valence-corrected chi connectivity index (χ3v) is 28.5. The highest BCUT2D eigenvalue weighted by atomic mass is 31.1. The van der Waals surface area contributed by atoms with Gasteiger partial charge in [-0.2, -0.15) is 0 Å². The van der Waals surface area contributed by atoms with Crippen LogP contribution in [0.25, 0.3) is 0 Å². The molecule has 5 unspecified atom stereocenters. The van der Waals surface area contributed by atoms with Crippen LogP contribution in [0.1, 0.15) is 225 Å². The number of phenolic OH excluding ortho intramolecular Hbond substituents is 5. The van der Waals surface area contributed by atoms with Crippen molar-refractivity contribution in [1.29, 1.82) is 0 Å². The van der Waals surface area contributed by atoms with E-state index in [4.69, 9.17) is 0 Å². The van der Waals surface area contributed by atoms with E-state index in [1.165, 1.54) is 104 Å². The zero-order valence-corrected chi connectivity index (χ0v) is 80.3. The lowest BCUT2D eigenvalue weighted by Gasteiger charge is -2.28. The van der Waals surface area contributed by atoms with E-state index < -0.39 is 0 Å². The highest BCUT2D eigenvalue weighted by Crippen LogP contribution is 2.39. The van der Waals surface area contributed by atoms with Gasteiger partial charge in [0.05, 0.1) is 0 Å². The summed E-state index contributed by atoms with van der Waals surface area (Å²) in [5.41, 5.74) is 22.0. The molecule has 0 saturated heterocycles. The maximum atomic E-state index is 11.1. The molecule has 0 fully saturated rings. The van der Waals surface area contributed by atoms with Crippen molar-refractivity contribution in [2.75, 3.05) is 26.2 Å². The highest BCUT2D eigenvalue weighted by molar-refractivity contribution is 7.57. The molecule has 0 aliphatic heterocycles. The van der Waals surface area contributed by atoms with Crippen LogP contribution in [0.2, 0.25) is 0 Å². The third kappa shape index (κ3) is 29.3. The number of hydrogen-bond acceptors (Lipinski definition) is 10. The minimum atomic E-state index is -0.0943. The second-order valence-electron chi connectivity index (χ2n) is 35.1. The number of aromatic hydroxyl groups is 5. The molecule has 0 bridgehead atoms. The Bertz CT molecular complexity index is 4790. The molecule has 0 amide bonds. The monoisotopic (exact) mass is 1660 g/mol. The maximum absolute atomic E-state index is 11.1. The summed E-state index contributed by atoms with van der Waals surface area (Å²) in [7, 11) is 2.35. The van der Waals surface area contributed by atoms with Crippen LogP contribution in [0.15, 0.2) is 164 Å². The molecule has 0 saturated carbocycles. The van der Waals surface area contributed by atoms with Crippen molar-refractivity contribution < 1.29 is 25.5 Å². The third-order valence-electron chi connectivity index (χ3n) is 20.4. The van der Waals surface area contributed by atoms with E-state index in [9.17, 15) is 25.5 Å². The zero-order valence-electron chi connectivity index (χ0n) is 75.3. The number of aryl methyl sites for hydroxylation is 9. The number of para-hydroxylation sites is 1. The van der Waals surface area contributed by atoms with Crippen LogP contribution in [-0.4, -0.2) is 57.8 Å². The van der Waals surface area contributed by atoms with E-state index in [1.54, 1.807) is 6.07 Å². The van der Waals surface area contributed by atoms with Gasteiger partial charge in [0.25, 0.3) is 0 Å². The molecule has 0 aliphatic carbocycles. The summed E-state index contributed by atoms with van der Waals surface area (Å²) in [6.07, 6.45) is 0. The standard InChI is InChI=1S/C24H36NOP.2C21H30NOP.C18H24NOP.C17H22NOP/c1-9-25-15-17-12-10-11-16(2)22(17)27-20-14-18(23(3,4)5)13-19(21(20)26)24(6,7)8;1-7-22-13-16-10-8-9-15(3)20(16)24-18-12-14(2)11-17(19(18)23)21(4,5)6;1-7-22-13-16-10-8-9-14(2)20(16)24-18-12-17(21(4,5)6)11-15(3)19(18)23;1-5-19-11-15-8-6-7-13(3)18(15)21-16-10-12(2)9-14(4)17(16)20;1-12(2)18-11-14-8-6-7-13(3)17(14)20-16-10-5-4-9-15(16)19/h10-14,25-27H,9,15H2,1-8H3;2*8-12,22-24H,7,13H2,1-6H3;6-10,19-21H,5,11H2,1-4H3;4-10,12,18-20H,11H2,1-3H3. The van der Waals surface area contributed by atoms with Gasteiger partial charge in [0.15, 0.2) is 0 Å². The van der Waals surface area contributed by atoms with Crippen molar-refractivity contribution in [2.24, 2.45) is 0 Å². The Morgan fingerprint density at radius 3 is 0.897 bits per heavy atom. The maximum Gasteiger partial charge on any atom is 0.127 e. The topological polar surface area (TPSA) is 161 Å². The molecule has 626 valence electrons. The fourth-order valence-electron chi connectivity index (χ4n) is 13.4. The Kier molecular flexibility index (Phi) is 38.5. The molecular weight excluding hydrogens is 1520 g/mol. The van der Waals surface area contributed by atoms with Gasteiger partial charge in [-0.15, -0.1) is 0 Å². The lowest BCUT2D eigenvalue weighted by atomic mass is 9.80. The minimum absolute atomic E-state index is 0.0469.